The van der Waals surface area contributed by atoms with Gasteiger partial charge in [0, 0.05) is 28.7 Å². The van der Waals surface area contributed by atoms with Crippen molar-refractivity contribution >= 4 is 21.6 Å². The average Bonchev–Trinajstić information content (AvgIpc) is 2.98. The first-order chi connectivity index (χ1) is 13.2. The topological polar surface area (TPSA) is 3.24 Å². The Labute approximate surface area is 170 Å². The van der Waals surface area contributed by atoms with E-state index in [0.717, 1.165) is 25.9 Å². The van der Waals surface area contributed by atoms with Crippen LogP contribution in [0.5, 0.6) is 0 Å². The molecule has 0 radical (unpaired) electrons. The molecule has 1 aliphatic heterocycles. The Morgan fingerprint density at radius 1 is 0.926 bits per heavy atom. The lowest BCUT2D eigenvalue weighted by Gasteiger charge is -2.30. The smallest absolute Gasteiger partial charge is 0.0441 e. The second kappa shape index (κ2) is 7.74. The molecular weight excluding hydrogens is 394 g/mol. The molecule has 136 valence electrons. The standard InChI is InChI=1S/C25H24BrN/c1-2-16-25(17-20-10-4-3-5-11-20)19-27(24-15-9-7-13-22(24)25)18-21-12-6-8-14-23(21)26/h2-15H,1,16-19H2. The highest BCUT2D eigenvalue weighted by atomic mass is 79.9. The molecule has 27 heavy (non-hydrogen) atoms. The molecule has 0 amide bonds. The summed E-state index contributed by atoms with van der Waals surface area (Å²) in [5.41, 5.74) is 5.58. The van der Waals surface area contributed by atoms with Crippen LogP contribution in [0.4, 0.5) is 5.69 Å². The molecule has 1 aliphatic rings. The second-order valence-electron chi connectivity index (χ2n) is 7.40. The third-order valence-corrected chi connectivity index (χ3v) is 6.32. The fourth-order valence-electron chi connectivity index (χ4n) is 4.37. The van der Waals surface area contributed by atoms with E-state index in [0.29, 0.717) is 0 Å². The van der Waals surface area contributed by atoms with Crippen LogP contribution in [-0.4, -0.2) is 6.54 Å². The zero-order chi connectivity index (χ0) is 18.7. The molecule has 1 heterocycles. The normalized spacial score (nSPS) is 18.3. The van der Waals surface area contributed by atoms with E-state index in [1.807, 2.05) is 0 Å². The molecule has 0 saturated heterocycles. The Morgan fingerprint density at radius 3 is 2.41 bits per heavy atom. The Bertz CT molecular complexity index is 934. The molecule has 1 nitrogen and oxygen atoms in total. The van der Waals surface area contributed by atoms with Crippen molar-refractivity contribution in [3.63, 3.8) is 0 Å². The van der Waals surface area contributed by atoms with Crippen molar-refractivity contribution in [1.29, 1.82) is 0 Å². The van der Waals surface area contributed by atoms with Crippen molar-refractivity contribution in [1.82, 2.24) is 0 Å². The number of rotatable bonds is 6. The van der Waals surface area contributed by atoms with Crippen LogP contribution in [0.1, 0.15) is 23.1 Å². The van der Waals surface area contributed by atoms with Crippen LogP contribution in [0, 0.1) is 0 Å². The minimum atomic E-state index is 0.0704. The Kier molecular flexibility index (Phi) is 5.18. The van der Waals surface area contributed by atoms with Gasteiger partial charge in [0.1, 0.15) is 0 Å². The van der Waals surface area contributed by atoms with Gasteiger partial charge in [-0.3, -0.25) is 0 Å². The van der Waals surface area contributed by atoms with Crippen molar-refractivity contribution in [3.05, 3.63) is 113 Å². The van der Waals surface area contributed by atoms with Crippen LogP contribution in [0.25, 0.3) is 0 Å². The van der Waals surface area contributed by atoms with E-state index in [1.54, 1.807) is 0 Å². The zero-order valence-electron chi connectivity index (χ0n) is 15.4. The van der Waals surface area contributed by atoms with Gasteiger partial charge in [0.2, 0.25) is 0 Å². The summed E-state index contributed by atoms with van der Waals surface area (Å²) < 4.78 is 1.17. The number of anilines is 1. The van der Waals surface area contributed by atoms with Crippen molar-refractivity contribution in [2.24, 2.45) is 0 Å². The molecule has 0 bridgehead atoms. The van der Waals surface area contributed by atoms with E-state index >= 15 is 0 Å². The molecule has 0 saturated carbocycles. The summed E-state index contributed by atoms with van der Waals surface area (Å²) in [6, 6.07) is 28.3. The number of hydrogen-bond acceptors (Lipinski definition) is 1. The van der Waals surface area contributed by atoms with Crippen molar-refractivity contribution in [2.45, 2.75) is 24.8 Å². The van der Waals surface area contributed by atoms with Gasteiger partial charge in [-0.25, -0.2) is 0 Å². The van der Waals surface area contributed by atoms with E-state index in [1.165, 1.54) is 26.9 Å². The van der Waals surface area contributed by atoms with Gasteiger partial charge >= 0.3 is 0 Å². The summed E-state index contributed by atoms with van der Waals surface area (Å²) in [6.07, 6.45) is 4.09. The highest BCUT2D eigenvalue weighted by Crippen LogP contribution is 2.46. The van der Waals surface area contributed by atoms with Crippen LogP contribution in [0.2, 0.25) is 0 Å². The second-order valence-corrected chi connectivity index (χ2v) is 8.25. The number of hydrogen-bond donors (Lipinski definition) is 0. The van der Waals surface area contributed by atoms with Crippen molar-refractivity contribution < 1.29 is 0 Å². The highest BCUT2D eigenvalue weighted by Gasteiger charge is 2.41. The van der Waals surface area contributed by atoms with Crippen LogP contribution >= 0.6 is 15.9 Å². The van der Waals surface area contributed by atoms with Gasteiger partial charge in [-0.2, -0.15) is 0 Å². The molecule has 0 aliphatic carbocycles. The van der Waals surface area contributed by atoms with E-state index in [-0.39, 0.29) is 5.41 Å². The quantitative estimate of drug-likeness (QED) is 0.412. The number of allylic oxidation sites excluding steroid dienone is 1. The number of para-hydroxylation sites is 1. The van der Waals surface area contributed by atoms with Gasteiger partial charge in [-0.1, -0.05) is 88.7 Å². The minimum Gasteiger partial charge on any atom is -0.366 e. The summed E-state index contributed by atoms with van der Waals surface area (Å²) in [5.74, 6) is 0. The predicted molar refractivity (Wildman–Crippen MR) is 118 cm³/mol. The molecule has 0 aromatic heterocycles. The first-order valence-corrected chi connectivity index (χ1v) is 10.2. The lowest BCUT2D eigenvalue weighted by molar-refractivity contribution is 0.451. The Balaban J connectivity index is 1.73. The molecular formula is C25H24BrN. The van der Waals surface area contributed by atoms with E-state index < -0.39 is 0 Å². The summed E-state index contributed by atoms with van der Waals surface area (Å²) in [4.78, 5) is 2.53. The maximum absolute atomic E-state index is 4.08. The van der Waals surface area contributed by atoms with Crippen LogP contribution in [0.3, 0.4) is 0 Å². The summed E-state index contributed by atoms with van der Waals surface area (Å²) >= 11 is 3.71. The molecule has 0 fully saturated rings. The first kappa shape index (κ1) is 18.1. The fraction of sp³-hybridized carbons (Fsp3) is 0.200. The van der Waals surface area contributed by atoms with E-state index in [4.69, 9.17) is 0 Å². The van der Waals surface area contributed by atoms with Crippen LogP contribution < -0.4 is 4.90 Å². The van der Waals surface area contributed by atoms with E-state index in [9.17, 15) is 0 Å². The van der Waals surface area contributed by atoms with Gasteiger partial charge in [-0.05, 0) is 41.7 Å². The maximum Gasteiger partial charge on any atom is 0.0441 e. The maximum atomic E-state index is 4.08. The van der Waals surface area contributed by atoms with E-state index in [2.05, 4.69) is 112 Å². The summed E-state index contributed by atoms with van der Waals surface area (Å²) in [7, 11) is 0. The molecule has 2 heteroatoms. The van der Waals surface area contributed by atoms with Gasteiger partial charge in [0.05, 0.1) is 0 Å². The minimum absolute atomic E-state index is 0.0704. The Morgan fingerprint density at radius 2 is 1.63 bits per heavy atom. The molecule has 0 spiro atoms. The lowest BCUT2D eigenvalue weighted by Crippen LogP contribution is -2.35. The predicted octanol–water partition coefficient (Wildman–Crippen LogP) is 6.53. The SMILES string of the molecule is C=CCC1(Cc2ccccc2)CN(Cc2ccccc2Br)c2ccccc21. The molecule has 3 aromatic carbocycles. The molecule has 3 aromatic rings. The number of benzene rings is 3. The highest BCUT2D eigenvalue weighted by molar-refractivity contribution is 9.10. The van der Waals surface area contributed by atoms with Gasteiger partial charge in [0.15, 0.2) is 0 Å². The summed E-state index contributed by atoms with van der Waals surface area (Å²) in [5, 5.41) is 0. The molecule has 1 unspecified atom stereocenters. The molecule has 0 N–H and O–H groups in total. The van der Waals surface area contributed by atoms with Crippen LogP contribution in [0.15, 0.2) is 96.0 Å². The largest absolute Gasteiger partial charge is 0.366 e. The number of fused-ring (bicyclic) bond motifs is 1. The van der Waals surface area contributed by atoms with Crippen molar-refractivity contribution in [2.75, 3.05) is 11.4 Å². The monoisotopic (exact) mass is 417 g/mol. The van der Waals surface area contributed by atoms with Gasteiger partial charge < -0.3 is 4.90 Å². The number of halogens is 1. The third-order valence-electron chi connectivity index (χ3n) is 5.55. The van der Waals surface area contributed by atoms with Gasteiger partial charge in [-0.15, -0.1) is 6.58 Å². The van der Waals surface area contributed by atoms with Crippen LogP contribution in [-0.2, 0) is 18.4 Å². The fourth-order valence-corrected chi connectivity index (χ4v) is 4.78. The molecule has 4 rings (SSSR count). The zero-order valence-corrected chi connectivity index (χ0v) is 17.0. The first-order valence-electron chi connectivity index (χ1n) is 9.44. The van der Waals surface area contributed by atoms with Gasteiger partial charge in [0.25, 0.3) is 0 Å². The molecule has 1 atom stereocenters. The lowest BCUT2D eigenvalue weighted by atomic mass is 9.74. The number of nitrogens with zero attached hydrogens (tertiary/aromatic N) is 1. The summed E-state index contributed by atoms with van der Waals surface area (Å²) in [6.45, 7) is 6.00. The third kappa shape index (κ3) is 3.59. The Hall–Kier alpha value is -2.32. The van der Waals surface area contributed by atoms with Crippen molar-refractivity contribution in [3.8, 4) is 0 Å². The average molecular weight is 418 g/mol.